The molecule has 0 N–H and O–H groups in total. The van der Waals surface area contributed by atoms with E-state index in [0.29, 0.717) is 5.88 Å². The van der Waals surface area contributed by atoms with Crippen LogP contribution in [0.4, 0.5) is 0 Å². The van der Waals surface area contributed by atoms with Gasteiger partial charge in [0.2, 0.25) is 0 Å². The minimum absolute atomic E-state index is 0.301. The molecule has 0 aliphatic heterocycles. The van der Waals surface area contributed by atoms with E-state index in [9.17, 15) is 4.57 Å². The van der Waals surface area contributed by atoms with Crippen molar-refractivity contribution in [1.29, 1.82) is 0 Å². The Bertz CT molecular complexity index is 239. The van der Waals surface area contributed by atoms with E-state index in [2.05, 4.69) is 9.51 Å². The first kappa shape index (κ1) is 8.11. The zero-order chi connectivity index (χ0) is 8.10. The monoisotopic (exact) mass is 172 g/mol. The lowest BCUT2D eigenvalue weighted by Gasteiger charge is -1.86. The lowest BCUT2D eigenvalue weighted by molar-refractivity contribution is 0.345. The molecule has 58 valence electrons. The van der Waals surface area contributed by atoms with E-state index in [-0.39, 0.29) is 0 Å². The molecule has 0 spiro atoms. The van der Waals surface area contributed by atoms with Gasteiger partial charge in [0.15, 0.2) is 0 Å². The number of hydrogen-bond donors (Lipinski definition) is 0. The summed E-state index contributed by atoms with van der Waals surface area (Å²) in [7, 11) is -0.760. The number of rotatable bonds is 3. The van der Waals surface area contributed by atoms with Crippen LogP contribution in [0.1, 0.15) is 0 Å². The predicted octanol–water partition coefficient (Wildman–Crippen LogP) is 1.76. The Morgan fingerprint density at radius 2 is 2.36 bits per heavy atom. The minimum atomic E-state index is -2.07. The summed E-state index contributed by atoms with van der Waals surface area (Å²) in [5, 5.41) is 0. The Morgan fingerprint density at radius 3 is 2.91 bits per heavy atom. The first-order valence-corrected chi connectivity index (χ1v) is 4.03. The van der Waals surface area contributed by atoms with E-state index in [1.165, 1.54) is 7.11 Å². The molecule has 1 unspecified atom stereocenters. The van der Waals surface area contributed by atoms with Crippen LogP contribution >= 0.6 is 8.25 Å². The summed E-state index contributed by atoms with van der Waals surface area (Å²) >= 11 is 0. The second-order valence-corrected chi connectivity index (χ2v) is 2.66. The van der Waals surface area contributed by atoms with Crippen molar-refractivity contribution in [2.45, 2.75) is 0 Å². The average molecular weight is 172 g/mol. The summed E-state index contributed by atoms with van der Waals surface area (Å²) in [5.41, 5.74) is 0. The van der Waals surface area contributed by atoms with Gasteiger partial charge >= 0.3 is 8.25 Å². The van der Waals surface area contributed by atoms with Crippen molar-refractivity contribution in [3.05, 3.63) is 24.4 Å². The number of aromatic nitrogens is 1. The fourth-order valence-electron chi connectivity index (χ4n) is 0.515. The first-order valence-electron chi connectivity index (χ1n) is 2.93. The molecule has 11 heavy (non-hydrogen) atoms. The van der Waals surface area contributed by atoms with Crippen molar-refractivity contribution in [1.82, 2.24) is 4.98 Å². The Hall–Kier alpha value is -0.990. The number of nitrogens with zero attached hydrogens (tertiary/aromatic N) is 1. The van der Waals surface area contributed by atoms with Crippen molar-refractivity contribution in [2.24, 2.45) is 0 Å². The van der Waals surface area contributed by atoms with Gasteiger partial charge in [-0.15, -0.1) is 4.52 Å². The van der Waals surface area contributed by atoms with Crippen molar-refractivity contribution < 1.29 is 13.6 Å². The Kier molecular flexibility index (Phi) is 2.95. The largest absolute Gasteiger partial charge is 0.751 e. The van der Waals surface area contributed by atoms with Gasteiger partial charge < -0.3 is 0 Å². The van der Waals surface area contributed by atoms with Crippen LogP contribution in [0.15, 0.2) is 24.4 Å². The van der Waals surface area contributed by atoms with Crippen LogP contribution in [0.2, 0.25) is 0 Å². The summed E-state index contributed by atoms with van der Waals surface area (Å²) in [6.45, 7) is 0. The summed E-state index contributed by atoms with van der Waals surface area (Å²) in [6, 6.07) is 5.08. The fraction of sp³-hybridized carbons (Fsp3) is 0.167. The van der Waals surface area contributed by atoms with E-state index in [0.717, 1.165) is 0 Å². The maximum Gasteiger partial charge on any atom is 0.751 e. The molecule has 1 atom stereocenters. The third kappa shape index (κ3) is 2.62. The fourth-order valence-corrected chi connectivity index (χ4v) is 0.850. The van der Waals surface area contributed by atoms with E-state index in [4.69, 9.17) is 4.52 Å². The third-order valence-electron chi connectivity index (χ3n) is 0.955. The quantitative estimate of drug-likeness (QED) is 0.652. The molecule has 0 aliphatic carbocycles. The van der Waals surface area contributed by atoms with Gasteiger partial charge in [0.05, 0.1) is 7.11 Å². The molecular weight excluding hydrogens is 165 g/mol. The van der Waals surface area contributed by atoms with Crippen molar-refractivity contribution in [3.8, 4) is 5.88 Å². The summed E-state index contributed by atoms with van der Waals surface area (Å²) in [4.78, 5) is 3.78. The van der Waals surface area contributed by atoms with Crippen LogP contribution in [0.25, 0.3) is 0 Å². The highest BCUT2D eigenvalue weighted by molar-refractivity contribution is 7.33. The van der Waals surface area contributed by atoms with Crippen LogP contribution in [0.3, 0.4) is 0 Å². The van der Waals surface area contributed by atoms with Crippen LogP contribution in [-0.4, -0.2) is 12.1 Å². The molecule has 5 heteroatoms. The second-order valence-electron chi connectivity index (χ2n) is 1.67. The van der Waals surface area contributed by atoms with Crippen LogP contribution < -0.4 is 4.52 Å². The van der Waals surface area contributed by atoms with Gasteiger partial charge in [-0.05, 0) is 6.07 Å². The summed E-state index contributed by atoms with van der Waals surface area (Å²) in [5.74, 6) is 0.301. The molecule has 4 nitrogen and oxygen atoms in total. The van der Waals surface area contributed by atoms with Crippen molar-refractivity contribution >= 4 is 8.25 Å². The lowest BCUT2D eigenvalue weighted by Crippen LogP contribution is -1.84. The molecule has 0 aliphatic rings. The van der Waals surface area contributed by atoms with Crippen molar-refractivity contribution in [2.75, 3.05) is 7.11 Å². The molecule has 1 heterocycles. The summed E-state index contributed by atoms with van der Waals surface area (Å²) in [6.07, 6.45) is 1.55. The van der Waals surface area contributed by atoms with E-state index < -0.39 is 8.25 Å². The Balaban J connectivity index is 2.58. The molecular formula is C6H7NO3P+. The van der Waals surface area contributed by atoms with E-state index in [1.54, 1.807) is 24.4 Å². The second kappa shape index (κ2) is 4.01. The highest BCUT2D eigenvalue weighted by atomic mass is 31.1. The maximum atomic E-state index is 10.6. The molecule has 0 bridgehead atoms. The van der Waals surface area contributed by atoms with E-state index >= 15 is 0 Å². The van der Waals surface area contributed by atoms with Gasteiger partial charge in [-0.25, -0.2) is 9.51 Å². The molecule has 0 saturated heterocycles. The minimum Gasteiger partial charge on any atom is -0.217 e. The SMILES string of the molecule is CO[P+](=O)Oc1ccccn1. The molecule has 0 aromatic carbocycles. The van der Waals surface area contributed by atoms with Crippen LogP contribution in [0.5, 0.6) is 5.88 Å². The molecule has 0 radical (unpaired) electrons. The predicted molar refractivity (Wildman–Crippen MR) is 39.5 cm³/mol. The van der Waals surface area contributed by atoms with Crippen LogP contribution in [0, 0.1) is 0 Å². The van der Waals surface area contributed by atoms with Gasteiger partial charge in [-0.3, -0.25) is 0 Å². The van der Waals surface area contributed by atoms with Crippen LogP contribution in [-0.2, 0) is 9.09 Å². The van der Waals surface area contributed by atoms with E-state index in [1.807, 2.05) is 0 Å². The standard InChI is InChI=1S/C6H7NO3P/c1-9-11(8)10-6-4-2-3-5-7-6/h2-5H,1H3/q+1. The van der Waals surface area contributed by atoms with Gasteiger partial charge in [-0.2, -0.15) is 0 Å². The van der Waals surface area contributed by atoms with Gasteiger partial charge in [-0.1, -0.05) is 6.07 Å². The zero-order valence-corrected chi connectivity index (χ0v) is 6.82. The summed E-state index contributed by atoms with van der Waals surface area (Å²) < 4.78 is 19.8. The topological polar surface area (TPSA) is 48.4 Å². The smallest absolute Gasteiger partial charge is 0.217 e. The van der Waals surface area contributed by atoms with Gasteiger partial charge in [0.25, 0.3) is 5.88 Å². The van der Waals surface area contributed by atoms with Gasteiger partial charge in [0.1, 0.15) is 0 Å². The molecule has 1 rings (SSSR count). The Morgan fingerprint density at radius 1 is 1.55 bits per heavy atom. The normalized spacial score (nSPS) is 10.8. The highest BCUT2D eigenvalue weighted by Gasteiger charge is 2.18. The lowest BCUT2D eigenvalue weighted by atomic mass is 10.5. The Labute approximate surface area is 65.1 Å². The molecule has 1 aromatic heterocycles. The molecule has 0 saturated carbocycles. The first-order chi connectivity index (χ1) is 5.33. The number of pyridine rings is 1. The molecule has 0 amide bonds. The van der Waals surface area contributed by atoms with Crippen molar-refractivity contribution in [3.63, 3.8) is 0 Å². The highest BCUT2D eigenvalue weighted by Crippen LogP contribution is 2.23. The molecule has 1 aromatic rings. The van der Waals surface area contributed by atoms with Gasteiger partial charge in [0, 0.05) is 16.8 Å². The zero-order valence-electron chi connectivity index (χ0n) is 5.93. The third-order valence-corrected chi connectivity index (χ3v) is 1.59. The maximum absolute atomic E-state index is 10.6. The molecule has 0 fully saturated rings. The number of hydrogen-bond acceptors (Lipinski definition) is 4. The average Bonchev–Trinajstić information content (AvgIpc) is 2.06.